The summed E-state index contributed by atoms with van der Waals surface area (Å²) in [5.74, 6) is -0.895. The predicted molar refractivity (Wildman–Crippen MR) is 68.1 cm³/mol. The van der Waals surface area contributed by atoms with Crippen LogP contribution in [0.15, 0.2) is 12.1 Å². The van der Waals surface area contributed by atoms with Crippen LogP contribution in [-0.2, 0) is 11.4 Å². The number of carbonyl (C=O) groups is 1. The Kier molecular flexibility index (Phi) is 4.08. The van der Waals surface area contributed by atoms with Crippen molar-refractivity contribution in [1.29, 1.82) is 0 Å². The van der Waals surface area contributed by atoms with Crippen molar-refractivity contribution in [2.75, 3.05) is 6.54 Å². The lowest BCUT2D eigenvalue weighted by molar-refractivity contribution is -0.136. The summed E-state index contributed by atoms with van der Waals surface area (Å²) in [6.45, 7) is 1.80. The molecule has 1 aliphatic heterocycles. The summed E-state index contributed by atoms with van der Waals surface area (Å²) in [4.78, 5) is 13.2. The number of aliphatic hydroxyl groups excluding tert-OH is 2. The topological polar surface area (TPSA) is 60.8 Å². The van der Waals surface area contributed by atoms with Gasteiger partial charge in [-0.15, -0.1) is 0 Å². The Morgan fingerprint density at radius 2 is 2.26 bits per heavy atom. The molecule has 1 aromatic rings. The second kappa shape index (κ2) is 5.45. The van der Waals surface area contributed by atoms with Crippen LogP contribution in [0.3, 0.4) is 0 Å². The minimum Gasteiger partial charge on any atom is -0.392 e. The smallest absolute Gasteiger partial charge is 0.251 e. The molecule has 1 amide bonds. The first-order chi connectivity index (χ1) is 8.95. The second-order valence-electron chi connectivity index (χ2n) is 4.63. The summed E-state index contributed by atoms with van der Waals surface area (Å²) in [6, 6.07) is 1.95. The Balaban J connectivity index is 2.38. The number of carbonyl (C=O) groups excluding carboxylic acids is 1. The third-order valence-corrected chi connectivity index (χ3v) is 3.82. The van der Waals surface area contributed by atoms with Crippen LogP contribution < -0.4 is 0 Å². The molecule has 0 radical (unpaired) electrons. The third kappa shape index (κ3) is 2.59. The first kappa shape index (κ1) is 14.2. The lowest BCUT2D eigenvalue weighted by Gasteiger charge is -2.26. The number of hydrogen-bond donors (Lipinski definition) is 2. The SMILES string of the molecule is C[C@@H](c1cc(F)cc(Cl)c1CO)N1CC[C@H](O)C1=O. The highest BCUT2D eigenvalue weighted by molar-refractivity contribution is 6.31. The highest BCUT2D eigenvalue weighted by Crippen LogP contribution is 2.32. The highest BCUT2D eigenvalue weighted by Gasteiger charge is 2.34. The largest absolute Gasteiger partial charge is 0.392 e. The average molecular weight is 288 g/mol. The maximum absolute atomic E-state index is 13.4. The predicted octanol–water partition coefficient (Wildman–Crippen LogP) is 1.63. The van der Waals surface area contributed by atoms with Crippen molar-refractivity contribution in [3.05, 3.63) is 34.1 Å². The van der Waals surface area contributed by atoms with Gasteiger partial charge in [0.1, 0.15) is 11.9 Å². The number of aliphatic hydroxyl groups is 2. The van der Waals surface area contributed by atoms with E-state index in [-0.39, 0.29) is 17.5 Å². The lowest BCUT2D eigenvalue weighted by atomic mass is 10.0. The minimum atomic E-state index is -0.996. The zero-order valence-electron chi connectivity index (χ0n) is 10.4. The Morgan fingerprint density at radius 3 is 2.79 bits per heavy atom. The molecule has 19 heavy (non-hydrogen) atoms. The molecule has 1 fully saturated rings. The molecule has 6 heteroatoms. The van der Waals surface area contributed by atoms with Crippen LogP contribution in [0.2, 0.25) is 5.02 Å². The molecule has 1 saturated heterocycles. The fourth-order valence-electron chi connectivity index (χ4n) is 2.40. The van der Waals surface area contributed by atoms with Gasteiger partial charge in [0.25, 0.3) is 5.91 Å². The maximum Gasteiger partial charge on any atom is 0.251 e. The van der Waals surface area contributed by atoms with Crippen molar-refractivity contribution >= 4 is 17.5 Å². The van der Waals surface area contributed by atoms with Crippen LogP contribution in [-0.4, -0.2) is 33.7 Å². The number of amides is 1. The zero-order valence-corrected chi connectivity index (χ0v) is 11.2. The molecule has 2 atom stereocenters. The van der Waals surface area contributed by atoms with Crippen molar-refractivity contribution < 1.29 is 19.4 Å². The number of halogens is 2. The van der Waals surface area contributed by atoms with E-state index < -0.39 is 18.0 Å². The van der Waals surface area contributed by atoms with E-state index in [1.165, 1.54) is 11.0 Å². The third-order valence-electron chi connectivity index (χ3n) is 3.48. The highest BCUT2D eigenvalue weighted by atomic mass is 35.5. The number of rotatable bonds is 3. The zero-order chi connectivity index (χ0) is 14.2. The second-order valence-corrected chi connectivity index (χ2v) is 5.03. The Hall–Kier alpha value is -1.17. The van der Waals surface area contributed by atoms with Gasteiger partial charge in [0.2, 0.25) is 0 Å². The minimum absolute atomic E-state index is 0.136. The van der Waals surface area contributed by atoms with E-state index in [0.29, 0.717) is 24.1 Å². The van der Waals surface area contributed by atoms with Gasteiger partial charge in [0, 0.05) is 17.1 Å². The van der Waals surface area contributed by atoms with Crippen molar-refractivity contribution in [3.63, 3.8) is 0 Å². The molecule has 1 heterocycles. The molecule has 0 spiro atoms. The number of nitrogens with zero attached hydrogens (tertiary/aromatic N) is 1. The molecule has 0 aliphatic carbocycles. The molecule has 2 rings (SSSR count). The molecule has 104 valence electrons. The van der Waals surface area contributed by atoms with Gasteiger partial charge in [0.15, 0.2) is 0 Å². The fraction of sp³-hybridized carbons (Fsp3) is 0.462. The molecule has 2 N–H and O–H groups in total. The van der Waals surface area contributed by atoms with Gasteiger partial charge >= 0.3 is 0 Å². The Morgan fingerprint density at radius 1 is 1.58 bits per heavy atom. The Labute approximate surface area is 115 Å². The Bertz CT molecular complexity index is 509. The van der Waals surface area contributed by atoms with Gasteiger partial charge in [-0.25, -0.2) is 4.39 Å². The van der Waals surface area contributed by atoms with E-state index in [1.54, 1.807) is 6.92 Å². The summed E-state index contributed by atoms with van der Waals surface area (Å²) in [6.07, 6.45) is -0.634. The van der Waals surface area contributed by atoms with Crippen molar-refractivity contribution in [3.8, 4) is 0 Å². The molecule has 0 bridgehead atoms. The molecule has 0 unspecified atom stereocenters. The molecule has 1 aliphatic rings. The van der Waals surface area contributed by atoms with Crippen molar-refractivity contribution in [2.24, 2.45) is 0 Å². The summed E-state index contributed by atoms with van der Waals surface area (Å²) < 4.78 is 13.4. The quantitative estimate of drug-likeness (QED) is 0.888. The summed E-state index contributed by atoms with van der Waals surface area (Å²) in [7, 11) is 0. The van der Waals surface area contributed by atoms with E-state index in [2.05, 4.69) is 0 Å². The first-order valence-corrected chi connectivity index (χ1v) is 6.40. The van der Waals surface area contributed by atoms with Gasteiger partial charge in [-0.1, -0.05) is 11.6 Å². The number of hydrogen-bond acceptors (Lipinski definition) is 3. The first-order valence-electron chi connectivity index (χ1n) is 6.03. The van der Waals surface area contributed by atoms with Crippen molar-refractivity contribution in [2.45, 2.75) is 32.1 Å². The summed E-state index contributed by atoms with van der Waals surface area (Å²) in [5.41, 5.74) is 0.875. The van der Waals surface area contributed by atoms with E-state index in [0.717, 1.165) is 6.07 Å². The molecular weight excluding hydrogens is 273 g/mol. The van der Waals surface area contributed by atoms with Gasteiger partial charge in [-0.3, -0.25) is 4.79 Å². The van der Waals surface area contributed by atoms with E-state index in [4.69, 9.17) is 11.6 Å². The number of likely N-dealkylation sites (tertiary alicyclic amines) is 1. The van der Waals surface area contributed by atoms with E-state index in [9.17, 15) is 19.4 Å². The van der Waals surface area contributed by atoms with Crippen molar-refractivity contribution in [1.82, 2.24) is 4.90 Å². The molecule has 0 aromatic heterocycles. The van der Waals surface area contributed by atoms with Crippen LogP contribution in [0.4, 0.5) is 4.39 Å². The van der Waals surface area contributed by atoms with Crippen LogP contribution in [0.5, 0.6) is 0 Å². The molecule has 1 aromatic carbocycles. The summed E-state index contributed by atoms with van der Waals surface area (Å²) >= 11 is 5.90. The van der Waals surface area contributed by atoms with Gasteiger partial charge < -0.3 is 15.1 Å². The molecule has 0 saturated carbocycles. The normalized spacial score (nSPS) is 21.0. The van der Waals surface area contributed by atoms with Gasteiger partial charge in [0.05, 0.1) is 12.6 Å². The monoisotopic (exact) mass is 287 g/mol. The standard InChI is InChI=1S/C13H15ClFNO3/c1-7(16-3-2-12(18)13(16)19)9-4-8(15)5-11(14)10(9)6-17/h4-5,7,12,17-18H,2-3,6H2,1H3/t7-,12-/m0/s1. The van der Waals surface area contributed by atoms with Crippen LogP contribution in [0.1, 0.15) is 30.5 Å². The average Bonchev–Trinajstić information content (AvgIpc) is 2.68. The summed E-state index contributed by atoms with van der Waals surface area (Å²) in [5, 5.41) is 18.9. The maximum atomic E-state index is 13.4. The van der Waals surface area contributed by atoms with E-state index >= 15 is 0 Å². The van der Waals surface area contributed by atoms with Crippen LogP contribution in [0, 0.1) is 5.82 Å². The molecule has 4 nitrogen and oxygen atoms in total. The molecular formula is C13H15ClFNO3. The van der Waals surface area contributed by atoms with Crippen LogP contribution in [0.25, 0.3) is 0 Å². The number of benzene rings is 1. The fourth-order valence-corrected chi connectivity index (χ4v) is 2.67. The van der Waals surface area contributed by atoms with E-state index in [1.807, 2.05) is 0 Å². The van der Waals surface area contributed by atoms with Gasteiger partial charge in [-0.2, -0.15) is 0 Å². The van der Waals surface area contributed by atoms with Gasteiger partial charge in [-0.05, 0) is 31.0 Å². The van der Waals surface area contributed by atoms with Crippen LogP contribution >= 0.6 is 11.6 Å². The lowest BCUT2D eigenvalue weighted by Crippen LogP contribution is -2.32.